The summed E-state index contributed by atoms with van der Waals surface area (Å²) >= 11 is 5.78. The Hall–Kier alpha value is -1.93. The lowest BCUT2D eigenvalue weighted by atomic mass is 9.99. The number of nitrogens with zero attached hydrogens (tertiary/aromatic N) is 3. The van der Waals surface area contributed by atoms with Crippen molar-refractivity contribution in [1.29, 1.82) is 0 Å². The Morgan fingerprint density at radius 3 is 2.58 bits per heavy atom. The molecule has 0 radical (unpaired) electrons. The number of carbonyl (C=O) groups is 1. The average Bonchev–Trinajstić information content (AvgIpc) is 3.10. The van der Waals surface area contributed by atoms with E-state index in [-0.39, 0.29) is 34.7 Å². The first kappa shape index (κ1) is 18.8. The van der Waals surface area contributed by atoms with Gasteiger partial charge in [-0.05, 0) is 43.0 Å². The molecule has 3 rings (SSSR count). The van der Waals surface area contributed by atoms with Crippen molar-refractivity contribution in [3.63, 3.8) is 0 Å². The molecule has 1 aliphatic heterocycles. The van der Waals surface area contributed by atoms with Crippen LogP contribution in [0.25, 0.3) is 0 Å². The summed E-state index contributed by atoms with van der Waals surface area (Å²) in [6.45, 7) is 3.50. The minimum atomic E-state index is -3.49. The molecule has 1 amide bonds. The number of piperidine rings is 1. The van der Waals surface area contributed by atoms with E-state index in [0.717, 1.165) is 12.8 Å². The van der Waals surface area contributed by atoms with Gasteiger partial charge >= 0.3 is 11.8 Å². The molecule has 0 unspecified atom stereocenters. The second-order valence-electron chi connectivity index (χ2n) is 6.51. The first-order valence-electron chi connectivity index (χ1n) is 8.45. The highest BCUT2D eigenvalue weighted by atomic mass is 35.5. The average molecular weight is 398 g/mol. The molecule has 0 N–H and O–H groups in total. The number of carbonyl (C=O) groups excluding carboxylic acids is 1. The summed E-state index contributed by atoms with van der Waals surface area (Å²) in [6, 6.07) is 5.97. The zero-order chi connectivity index (χ0) is 18.7. The molecular formula is C17H20ClN3O4S. The molecule has 7 nitrogen and oxygen atoms in total. The van der Waals surface area contributed by atoms with Gasteiger partial charge in [0.25, 0.3) is 0 Å². The van der Waals surface area contributed by atoms with Crippen molar-refractivity contribution in [1.82, 2.24) is 15.0 Å². The van der Waals surface area contributed by atoms with E-state index in [9.17, 15) is 13.2 Å². The maximum absolute atomic E-state index is 12.4. The molecule has 140 valence electrons. The molecule has 0 bridgehead atoms. The topological polar surface area (TPSA) is 93.4 Å². The van der Waals surface area contributed by atoms with Gasteiger partial charge in [0.05, 0.1) is 10.6 Å². The van der Waals surface area contributed by atoms with Crippen molar-refractivity contribution in [3.8, 4) is 0 Å². The maximum atomic E-state index is 12.4. The van der Waals surface area contributed by atoms with Crippen LogP contribution in [0.15, 0.2) is 33.7 Å². The van der Waals surface area contributed by atoms with Crippen molar-refractivity contribution in [2.45, 2.75) is 31.1 Å². The third-order valence-corrected chi connectivity index (χ3v) is 6.47. The van der Waals surface area contributed by atoms with Crippen molar-refractivity contribution in [2.75, 3.05) is 18.8 Å². The molecule has 2 heterocycles. The van der Waals surface area contributed by atoms with Gasteiger partial charge in [-0.1, -0.05) is 23.7 Å². The molecule has 26 heavy (non-hydrogen) atoms. The summed E-state index contributed by atoms with van der Waals surface area (Å²) < 4.78 is 29.7. The van der Waals surface area contributed by atoms with Crippen LogP contribution in [-0.4, -0.2) is 48.2 Å². The maximum Gasteiger partial charge on any atom is 0.316 e. The second kappa shape index (κ2) is 7.75. The number of hydrogen-bond acceptors (Lipinski definition) is 6. The van der Waals surface area contributed by atoms with Crippen molar-refractivity contribution in [2.24, 2.45) is 5.92 Å². The van der Waals surface area contributed by atoms with Crippen LogP contribution >= 0.6 is 11.6 Å². The molecule has 2 aromatic rings. The molecule has 9 heteroatoms. The van der Waals surface area contributed by atoms with Gasteiger partial charge in [0.1, 0.15) is 0 Å². The van der Waals surface area contributed by atoms with Gasteiger partial charge in [-0.15, -0.1) is 0 Å². The summed E-state index contributed by atoms with van der Waals surface area (Å²) in [5, 5.41) is 4.21. The van der Waals surface area contributed by atoms with E-state index < -0.39 is 9.84 Å². The predicted molar refractivity (Wildman–Crippen MR) is 95.8 cm³/mol. The Balaban J connectivity index is 1.61. The Morgan fingerprint density at radius 1 is 1.27 bits per heavy atom. The summed E-state index contributed by atoms with van der Waals surface area (Å²) in [7, 11) is -3.49. The zero-order valence-corrected chi connectivity index (χ0v) is 16.0. The Labute approximate surface area is 157 Å². The number of benzene rings is 1. The summed E-state index contributed by atoms with van der Waals surface area (Å²) in [5.74, 6) is 0.254. The standard InChI is InChI=1S/C17H20ClN3O4S/c1-12-6-9-21(10-7-12)17(22)16-19-15(20-25-16)8-11-26(23,24)14-4-2-13(18)3-5-14/h2-5,12H,6-11H2,1H3. The molecule has 1 aromatic heterocycles. The Bertz CT molecular complexity index is 872. The van der Waals surface area contributed by atoms with E-state index >= 15 is 0 Å². The fraction of sp³-hybridized carbons (Fsp3) is 0.471. The largest absolute Gasteiger partial charge is 0.334 e. The van der Waals surface area contributed by atoms with E-state index in [1.807, 2.05) is 0 Å². The van der Waals surface area contributed by atoms with Gasteiger partial charge in [0.15, 0.2) is 15.7 Å². The highest BCUT2D eigenvalue weighted by Crippen LogP contribution is 2.18. The fourth-order valence-corrected chi connectivity index (χ4v) is 4.14. The van der Waals surface area contributed by atoms with E-state index in [1.165, 1.54) is 24.3 Å². The molecule has 0 spiro atoms. The van der Waals surface area contributed by atoms with Gasteiger partial charge in [0, 0.05) is 24.5 Å². The number of sulfone groups is 1. The van der Waals surface area contributed by atoms with Gasteiger partial charge in [0.2, 0.25) is 0 Å². The highest BCUT2D eigenvalue weighted by molar-refractivity contribution is 7.91. The molecule has 0 saturated carbocycles. The monoisotopic (exact) mass is 397 g/mol. The lowest BCUT2D eigenvalue weighted by Gasteiger charge is -2.28. The normalized spacial score (nSPS) is 16.0. The molecule has 0 atom stereocenters. The van der Waals surface area contributed by atoms with Gasteiger partial charge in [-0.25, -0.2) is 8.42 Å². The van der Waals surface area contributed by atoms with Crippen LogP contribution in [0.3, 0.4) is 0 Å². The number of rotatable bonds is 5. The number of halogens is 1. The van der Waals surface area contributed by atoms with Crippen LogP contribution in [0.4, 0.5) is 0 Å². The lowest BCUT2D eigenvalue weighted by molar-refractivity contribution is 0.0647. The van der Waals surface area contributed by atoms with E-state index in [0.29, 0.717) is 24.0 Å². The smallest absolute Gasteiger partial charge is 0.316 e. The summed E-state index contributed by atoms with van der Waals surface area (Å²) in [6.07, 6.45) is 1.97. The fourth-order valence-electron chi connectivity index (χ4n) is 2.77. The van der Waals surface area contributed by atoms with Crippen LogP contribution in [0.2, 0.25) is 5.02 Å². The molecule has 1 aliphatic rings. The van der Waals surface area contributed by atoms with Gasteiger partial charge in [-0.2, -0.15) is 4.98 Å². The van der Waals surface area contributed by atoms with E-state index in [2.05, 4.69) is 17.1 Å². The quantitative estimate of drug-likeness (QED) is 0.769. The Morgan fingerprint density at radius 2 is 1.92 bits per heavy atom. The number of aryl methyl sites for hydroxylation is 1. The van der Waals surface area contributed by atoms with Crippen LogP contribution in [0, 0.1) is 5.92 Å². The minimum Gasteiger partial charge on any atom is -0.334 e. The lowest BCUT2D eigenvalue weighted by Crippen LogP contribution is -2.38. The molecule has 1 aromatic carbocycles. The second-order valence-corrected chi connectivity index (χ2v) is 9.06. The molecule has 0 aliphatic carbocycles. The Kier molecular flexibility index (Phi) is 5.62. The van der Waals surface area contributed by atoms with Crippen LogP contribution in [0.1, 0.15) is 36.3 Å². The van der Waals surface area contributed by atoms with Crippen LogP contribution in [0.5, 0.6) is 0 Å². The number of aromatic nitrogens is 2. The molecular weight excluding hydrogens is 378 g/mol. The number of amides is 1. The minimum absolute atomic E-state index is 0.0682. The first-order valence-corrected chi connectivity index (χ1v) is 10.5. The highest BCUT2D eigenvalue weighted by Gasteiger charge is 2.26. The SMILES string of the molecule is CC1CCN(C(=O)c2nc(CCS(=O)(=O)c3ccc(Cl)cc3)no2)CC1. The van der Waals surface area contributed by atoms with Gasteiger partial charge < -0.3 is 9.42 Å². The third kappa shape index (κ3) is 4.42. The van der Waals surface area contributed by atoms with Crippen molar-refractivity contribution in [3.05, 3.63) is 41.0 Å². The number of hydrogen-bond donors (Lipinski definition) is 0. The first-order chi connectivity index (χ1) is 12.3. The van der Waals surface area contributed by atoms with E-state index in [4.69, 9.17) is 16.1 Å². The number of likely N-dealkylation sites (tertiary alicyclic amines) is 1. The predicted octanol–water partition coefficient (Wildman–Crippen LogP) is 2.61. The van der Waals surface area contributed by atoms with E-state index in [1.54, 1.807) is 4.90 Å². The molecule has 1 fully saturated rings. The van der Waals surface area contributed by atoms with Crippen LogP contribution < -0.4 is 0 Å². The zero-order valence-electron chi connectivity index (χ0n) is 14.4. The van der Waals surface area contributed by atoms with Gasteiger partial charge in [-0.3, -0.25) is 4.79 Å². The summed E-state index contributed by atoms with van der Waals surface area (Å²) in [4.78, 5) is 18.3. The van der Waals surface area contributed by atoms with Crippen molar-refractivity contribution < 1.29 is 17.7 Å². The molecule has 1 saturated heterocycles. The summed E-state index contributed by atoms with van der Waals surface area (Å²) in [5.41, 5.74) is 0. The van der Waals surface area contributed by atoms with Crippen LogP contribution in [-0.2, 0) is 16.3 Å². The third-order valence-electron chi connectivity index (χ3n) is 4.49. The van der Waals surface area contributed by atoms with Crippen molar-refractivity contribution >= 4 is 27.3 Å².